The van der Waals surface area contributed by atoms with Gasteiger partial charge in [-0.15, -0.1) is 0 Å². The van der Waals surface area contributed by atoms with Crippen LogP contribution in [0, 0.1) is 5.92 Å². The maximum atomic E-state index is 6.28. The fraction of sp³-hybridized carbons (Fsp3) is 0.500. The SMILES string of the molecule is C[C@H]1C2CCN(Cl)C1c1c(Cl)cccc12. The van der Waals surface area contributed by atoms with E-state index in [0.29, 0.717) is 17.9 Å². The Hall–Kier alpha value is -0.240. The second-order valence-corrected chi connectivity index (χ2v) is 5.41. The lowest BCUT2D eigenvalue weighted by Crippen LogP contribution is -2.30. The van der Waals surface area contributed by atoms with Gasteiger partial charge in [0, 0.05) is 11.6 Å². The third-order valence-electron chi connectivity index (χ3n) is 3.87. The fourth-order valence-corrected chi connectivity index (χ4v) is 3.84. The first kappa shape index (κ1) is 9.95. The average molecular weight is 242 g/mol. The molecule has 2 aliphatic rings. The summed E-state index contributed by atoms with van der Waals surface area (Å²) in [6.45, 7) is 3.24. The second-order valence-electron chi connectivity index (χ2n) is 4.57. The summed E-state index contributed by atoms with van der Waals surface area (Å²) in [5.41, 5.74) is 2.69. The number of hydrogen-bond acceptors (Lipinski definition) is 1. The van der Waals surface area contributed by atoms with Gasteiger partial charge in [-0.3, -0.25) is 0 Å². The maximum absolute atomic E-state index is 6.28. The smallest absolute Gasteiger partial charge is 0.0549 e. The van der Waals surface area contributed by atoms with Crippen molar-refractivity contribution in [2.75, 3.05) is 6.54 Å². The van der Waals surface area contributed by atoms with E-state index in [1.807, 2.05) is 16.6 Å². The zero-order chi connectivity index (χ0) is 10.6. The Balaban J connectivity index is 2.21. The van der Waals surface area contributed by atoms with Gasteiger partial charge in [0.2, 0.25) is 0 Å². The van der Waals surface area contributed by atoms with Gasteiger partial charge in [0.15, 0.2) is 0 Å². The molecule has 1 aliphatic carbocycles. The molecule has 1 aliphatic heterocycles. The number of piperidine rings is 1. The predicted octanol–water partition coefficient (Wildman–Crippen LogP) is 3.97. The Bertz CT molecular complexity index is 405. The topological polar surface area (TPSA) is 3.24 Å². The molecule has 3 rings (SSSR count). The van der Waals surface area contributed by atoms with Crippen molar-refractivity contribution in [3.05, 3.63) is 34.3 Å². The maximum Gasteiger partial charge on any atom is 0.0549 e. The number of hydrogen-bond donors (Lipinski definition) is 0. The zero-order valence-electron chi connectivity index (χ0n) is 8.58. The van der Waals surface area contributed by atoms with Crippen LogP contribution in [-0.4, -0.2) is 11.0 Å². The van der Waals surface area contributed by atoms with Crippen LogP contribution in [0.4, 0.5) is 0 Å². The minimum Gasteiger partial charge on any atom is -0.212 e. The zero-order valence-corrected chi connectivity index (χ0v) is 10.1. The Morgan fingerprint density at radius 1 is 1.40 bits per heavy atom. The molecule has 1 aromatic rings. The second kappa shape index (κ2) is 3.38. The summed E-state index contributed by atoms with van der Waals surface area (Å²) in [7, 11) is 0. The van der Waals surface area contributed by atoms with Gasteiger partial charge < -0.3 is 0 Å². The minimum atomic E-state index is 0.314. The van der Waals surface area contributed by atoms with Crippen LogP contribution in [0.3, 0.4) is 0 Å². The van der Waals surface area contributed by atoms with Gasteiger partial charge in [-0.2, -0.15) is 0 Å². The standard InChI is InChI=1S/C12H13Cl2N/c1-7-8-5-6-15(14)12(7)11-9(8)3-2-4-10(11)13/h2-4,7-8,12H,5-6H2,1H3/t7-,8?,12?/m0/s1. The fourth-order valence-electron chi connectivity index (χ4n) is 3.17. The van der Waals surface area contributed by atoms with E-state index in [9.17, 15) is 0 Å². The van der Waals surface area contributed by atoms with Crippen molar-refractivity contribution in [2.24, 2.45) is 5.92 Å². The molecule has 1 saturated heterocycles. The molecular weight excluding hydrogens is 229 g/mol. The summed E-state index contributed by atoms with van der Waals surface area (Å²) >= 11 is 12.6. The van der Waals surface area contributed by atoms with Crippen molar-refractivity contribution in [1.29, 1.82) is 0 Å². The van der Waals surface area contributed by atoms with E-state index >= 15 is 0 Å². The lowest BCUT2D eigenvalue weighted by atomic mass is 9.87. The Kier molecular flexibility index (Phi) is 2.24. The van der Waals surface area contributed by atoms with Crippen LogP contribution in [0.5, 0.6) is 0 Å². The van der Waals surface area contributed by atoms with E-state index in [-0.39, 0.29) is 0 Å². The van der Waals surface area contributed by atoms with Crippen molar-refractivity contribution in [3.8, 4) is 0 Å². The highest BCUT2D eigenvalue weighted by atomic mass is 35.5. The van der Waals surface area contributed by atoms with Gasteiger partial charge in [-0.25, -0.2) is 4.42 Å². The summed E-state index contributed by atoms with van der Waals surface area (Å²) in [6, 6.07) is 6.54. The van der Waals surface area contributed by atoms with Gasteiger partial charge in [0.1, 0.15) is 0 Å². The lowest BCUT2D eigenvalue weighted by Gasteiger charge is -2.33. The first-order valence-corrected chi connectivity index (χ1v) is 6.12. The summed E-state index contributed by atoms with van der Waals surface area (Å²) in [4.78, 5) is 0. The van der Waals surface area contributed by atoms with Crippen LogP contribution in [-0.2, 0) is 0 Å². The first-order valence-electron chi connectivity index (χ1n) is 5.41. The van der Waals surface area contributed by atoms with Crippen LogP contribution in [0.25, 0.3) is 0 Å². The monoisotopic (exact) mass is 241 g/mol. The molecule has 1 heterocycles. The highest BCUT2D eigenvalue weighted by molar-refractivity contribution is 6.31. The molecule has 0 spiro atoms. The van der Waals surface area contributed by atoms with Gasteiger partial charge in [-0.05, 0) is 47.2 Å². The van der Waals surface area contributed by atoms with Gasteiger partial charge >= 0.3 is 0 Å². The third-order valence-corrected chi connectivity index (χ3v) is 4.58. The van der Waals surface area contributed by atoms with E-state index < -0.39 is 0 Å². The van der Waals surface area contributed by atoms with E-state index in [1.54, 1.807) is 0 Å². The van der Waals surface area contributed by atoms with Crippen molar-refractivity contribution >= 4 is 23.4 Å². The van der Waals surface area contributed by atoms with E-state index in [1.165, 1.54) is 11.1 Å². The number of benzene rings is 1. The molecule has 3 heteroatoms. The highest BCUT2D eigenvalue weighted by Gasteiger charge is 2.45. The third kappa shape index (κ3) is 1.27. The average Bonchev–Trinajstić information content (AvgIpc) is 2.38. The van der Waals surface area contributed by atoms with Gasteiger partial charge in [0.05, 0.1) is 6.04 Å². The van der Waals surface area contributed by atoms with E-state index in [2.05, 4.69) is 13.0 Å². The number of halogens is 2. The van der Waals surface area contributed by atoms with Gasteiger partial charge in [-0.1, -0.05) is 30.7 Å². The first-order chi connectivity index (χ1) is 7.20. The quantitative estimate of drug-likeness (QED) is 0.622. The molecule has 1 aromatic carbocycles. The molecule has 15 heavy (non-hydrogen) atoms. The molecule has 0 aromatic heterocycles. The molecule has 3 atom stereocenters. The summed E-state index contributed by atoms with van der Waals surface area (Å²) < 4.78 is 1.93. The molecule has 0 radical (unpaired) electrons. The molecule has 0 N–H and O–H groups in total. The van der Waals surface area contributed by atoms with Crippen LogP contribution in [0.1, 0.15) is 36.4 Å². The van der Waals surface area contributed by atoms with Crippen molar-refractivity contribution in [2.45, 2.75) is 25.3 Å². The van der Waals surface area contributed by atoms with E-state index in [0.717, 1.165) is 18.0 Å². The van der Waals surface area contributed by atoms with Gasteiger partial charge in [0.25, 0.3) is 0 Å². The largest absolute Gasteiger partial charge is 0.212 e. The molecular formula is C12H13Cl2N. The predicted molar refractivity (Wildman–Crippen MR) is 63.3 cm³/mol. The minimum absolute atomic E-state index is 0.314. The summed E-state index contributed by atoms with van der Waals surface area (Å²) in [6.07, 6.45) is 1.15. The van der Waals surface area contributed by atoms with Crippen molar-refractivity contribution in [3.63, 3.8) is 0 Å². The molecule has 2 unspecified atom stereocenters. The molecule has 1 fully saturated rings. The Morgan fingerprint density at radius 2 is 2.20 bits per heavy atom. The van der Waals surface area contributed by atoms with Crippen LogP contribution in [0.15, 0.2) is 18.2 Å². The Labute approximate surface area is 100 Å². The van der Waals surface area contributed by atoms with Crippen LogP contribution < -0.4 is 0 Å². The molecule has 0 saturated carbocycles. The van der Waals surface area contributed by atoms with E-state index in [4.69, 9.17) is 23.4 Å². The van der Waals surface area contributed by atoms with Crippen molar-refractivity contribution < 1.29 is 0 Å². The molecule has 80 valence electrons. The van der Waals surface area contributed by atoms with Crippen molar-refractivity contribution in [1.82, 2.24) is 4.42 Å². The van der Waals surface area contributed by atoms with Crippen LogP contribution in [0.2, 0.25) is 5.02 Å². The number of nitrogens with zero attached hydrogens (tertiary/aromatic N) is 1. The van der Waals surface area contributed by atoms with Crippen LogP contribution >= 0.6 is 23.4 Å². The lowest BCUT2D eigenvalue weighted by molar-refractivity contribution is 0.196. The Morgan fingerprint density at radius 3 is 3.00 bits per heavy atom. The molecule has 2 bridgehead atoms. The molecule has 0 amide bonds. The molecule has 1 nitrogen and oxygen atoms in total. The summed E-state index contributed by atoms with van der Waals surface area (Å²) in [5.74, 6) is 1.24. The summed E-state index contributed by atoms with van der Waals surface area (Å²) in [5, 5.41) is 0.874. The normalized spacial score (nSPS) is 34.2. The highest BCUT2D eigenvalue weighted by Crippen LogP contribution is 2.55. The number of fused-ring (bicyclic) bond motifs is 5. The number of rotatable bonds is 0.